The average molecular weight is 442 g/mol. The predicted octanol–water partition coefficient (Wildman–Crippen LogP) is 4.60. The fourth-order valence-electron chi connectivity index (χ4n) is 2.45. The maximum absolute atomic E-state index is 12.6. The van der Waals surface area contributed by atoms with Crippen molar-refractivity contribution in [2.75, 3.05) is 0 Å². The molecule has 0 amide bonds. The zero-order valence-corrected chi connectivity index (χ0v) is 15.2. The monoisotopic (exact) mass is 441 g/mol. The number of alkyl halides is 3. The number of ether oxygens (including phenoxy) is 1. The standard InChI is InChI=1S/C17H11BrF3N3O3/c1-9-4-12(2-3-22-9)24-15(8-14(23-24)16(25)26)10-5-11(18)7-13(6-10)27-17(19,20)21/h2-8H,1H3,(H,25,26). The van der Waals surface area contributed by atoms with Crippen molar-refractivity contribution in [1.82, 2.24) is 14.8 Å². The van der Waals surface area contributed by atoms with E-state index in [1.165, 1.54) is 23.0 Å². The van der Waals surface area contributed by atoms with Gasteiger partial charge in [0, 0.05) is 21.9 Å². The SMILES string of the molecule is Cc1cc(-n2nc(C(=O)O)cc2-c2cc(Br)cc(OC(F)(F)F)c2)ccn1. The van der Waals surface area contributed by atoms with E-state index in [1.807, 2.05) is 0 Å². The van der Waals surface area contributed by atoms with Crippen LogP contribution in [0.2, 0.25) is 0 Å². The van der Waals surface area contributed by atoms with Crippen LogP contribution in [0.3, 0.4) is 0 Å². The van der Waals surface area contributed by atoms with Crippen LogP contribution in [0.4, 0.5) is 13.2 Å². The number of nitrogens with zero attached hydrogens (tertiary/aromatic N) is 3. The highest BCUT2D eigenvalue weighted by Crippen LogP contribution is 2.33. The molecule has 0 aliphatic carbocycles. The molecule has 0 atom stereocenters. The van der Waals surface area contributed by atoms with Crippen LogP contribution in [0, 0.1) is 6.92 Å². The topological polar surface area (TPSA) is 77.2 Å². The number of aryl methyl sites for hydroxylation is 1. The Bertz CT molecular complexity index is 1020. The quantitative estimate of drug-likeness (QED) is 0.639. The molecule has 1 aromatic carbocycles. The molecular formula is C17H11BrF3N3O3. The lowest BCUT2D eigenvalue weighted by Gasteiger charge is -2.12. The fraction of sp³-hybridized carbons (Fsp3) is 0.118. The molecule has 0 saturated carbocycles. The zero-order chi connectivity index (χ0) is 19.8. The third-order valence-corrected chi connectivity index (χ3v) is 3.91. The maximum Gasteiger partial charge on any atom is 0.573 e. The van der Waals surface area contributed by atoms with Crippen LogP contribution in [0.25, 0.3) is 16.9 Å². The summed E-state index contributed by atoms with van der Waals surface area (Å²) in [7, 11) is 0. The van der Waals surface area contributed by atoms with Gasteiger partial charge in [0.25, 0.3) is 0 Å². The number of hydrogen-bond donors (Lipinski definition) is 1. The second-order valence-corrected chi connectivity index (χ2v) is 6.43. The number of hydrogen-bond acceptors (Lipinski definition) is 4. The first-order valence-electron chi connectivity index (χ1n) is 7.45. The molecule has 3 rings (SSSR count). The summed E-state index contributed by atoms with van der Waals surface area (Å²) in [6.07, 6.45) is -3.33. The molecule has 0 unspecified atom stereocenters. The number of pyridine rings is 1. The van der Waals surface area contributed by atoms with E-state index in [0.29, 0.717) is 15.9 Å². The summed E-state index contributed by atoms with van der Waals surface area (Å²) < 4.78 is 43.3. The van der Waals surface area contributed by atoms with Crippen LogP contribution in [0.1, 0.15) is 16.2 Å². The molecule has 0 fully saturated rings. The van der Waals surface area contributed by atoms with Crippen LogP contribution >= 0.6 is 15.9 Å². The average Bonchev–Trinajstić information content (AvgIpc) is 2.98. The Kier molecular flexibility index (Phi) is 4.92. The first-order valence-corrected chi connectivity index (χ1v) is 8.25. The van der Waals surface area contributed by atoms with E-state index in [4.69, 9.17) is 0 Å². The lowest BCUT2D eigenvalue weighted by molar-refractivity contribution is -0.274. The lowest BCUT2D eigenvalue weighted by Crippen LogP contribution is -2.17. The van der Waals surface area contributed by atoms with Crippen LogP contribution < -0.4 is 4.74 Å². The molecule has 6 nitrogen and oxygen atoms in total. The molecule has 0 aliphatic heterocycles. The van der Waals surface area contributed by atoms with Gasteiger partial charge in [-0.1, -0.05) is 15.9 Å². The number of aromatic nitrogens is 3. The molecular weight excluding hydrogens is 431 g/mol. The van der Waals surface area contributed by atoms with Crippen molar-refractivity contribution in [2.45, 2.75) is 13.3 Å². The predicted molar refractivity (Wildman–Crippen MR) is 92.9 cm³/mol. The van der Waals surface area contributed by atoms with Crippen LogP contribution in [-0.4, -0.2) is 32.2 Å². The van der Waals surface area contributed by atoms with Gasteiger partial charge in [-0.2, -0.15) is 5.10 Å². The van der Waals surface area contributed by atoms with Crippen molar-refractivity contribution in [3.8, 4) is 22.7 Å². The van der Waals surface area contributed by atoms with Gasteiger partial charge < -0.3 is 9.84 Å². The Labute approximate surface area is 159 Å². The number of benzene rings is 1. The van der Waals surface area contributed by atoms with Gasteiger partial charge >= 0.3 is 12.3 Å². The van der Waals surface area contributed by atoms with Gasteiger partial charge in [-0.3, -0.25) is 4.98 Å². The highest BCUT2D eigenvalue weighted by Gasteiger charge is 2.31. The molecule has 27 heavy (non-hydrogen) atoms. The number of carbonyl (C=O) groups is 1. The smallest absolute Gasteiger partial charge is 0.476 e. The second kappa shape index (κ2) is 7.03. The number of aromatic carboxylic acids is 1. The summed E-state index contributed by atoms with van der Waals surface area (Å²) in [4.78, 5) is 15.4. The summed E-state index contributed by atoms with van der Waals surface area (Å²) in [5, 5.41) is 13.3. The van der Waals surface area contributed by atoms with Crippen molar-refractivity contribution >= 4 is 21.9 Å². The summed E-state index contributed by atoms with van der Waals surface area (Å²) in [5.41, 5.74) is 1.51. The first-order chi connectivity index (χ1) is 12.6. The van der Waals surface area contributed by atoms with E-state index in [9.17, 15) is 23.1 Å². The lowest BCUT2D eigenvalue weighted by atomic mass is 10.1. The molecule has 140 valence electrons. The first kappa shape index (κ1) is 18.9. The molecule has 1 N–H and O–H groups in total. The van der Waals surface area contributed by atoms with Gasteiger partial charge in [-0.25, -0.2) is 9.48 Å². The third kappa shape index (κ3) is 4.45. The third-order valence-electron chi connectivity index (χ3n) is 3.45. The van der Waals surface area contributed by atoms with Gasteiger partial charge in [-0.15, -0.1) is 13.2 Å². The van der Waals surface area contributed by atoms with E-state index in [0.717, 1.165) is 12.1 Å². The molecule has 2 aromatic heterocycles. The van der Waals surface area contributed by atoms with Gasteiger partial charge in [0.2, 0.25) is 0 Å². The van der Waals surface area contributed by atoms with E-state index >= 15 is 0 Å². The Morgan fingerprint density at radius 2 is 1.96 bits per heavy atom. The van der Waals surface area contributed by atoms with Gasteiger partial charge in [0.1, 0.15) is 5.75 Å². The molecule has 0 saturated heterocycles. The zero-order valence-electron chi connectivity index (χ0n) is 13.7. The van der Waals surface area contributed by atoms with Crippen LogP contribution in [0.5, 0.6) is 5.75 Å². The van der Waals surface area contributed by atoms with E-state index < -0.39 is 18.1 Å². The number of halogens is 4. The molecule has 2 heterocycles. The van der Waals surface area contributed by atoms with Crippen LogP contribution in [0.15, 0.2) is 47.1 Å². The summed E-state index contributed by atoms with van der Waals surface area (Å²) in [6, 6.07) is 8.42. The van der Waals surface area contributed by atoms with E-state index in [2.05, 4.69) is 30.7 Å². The van der Waals surface area contributed by atoms with Gasteiger partial charge in [0.15, 0.2) is 5.69 Å². The second-order valence-electron chi connectivity index (χ2n) is 5.51. The fourth-order valence-corrected chi connectivity index (χ4v) is 2.93. The highest BCUT2D eigenvalue weighted by atomic mass is 79.9. The largest absolute Gasteiger partial charge is 0.573 e. The maximum atomic E-state index is 12.6. The van der Waals surface area contributed by atoms with E-state index in [1.54, 1.807) is 19.1 Å². The highest BCUT2D eigenvalue weighted by molar-refractivity contribution is 9.10. The summed E-state index contributed by atoms with van der Waals surface area (Å²) in [5.74, 6) is -1.70. The Hall–Kier alpha value is -2.88. The van der Waals surface area contributed by atoms with Crippen molar-refractivity contribution < 1.29 is 27.8 Å². The summed E-state index contributed by atoms with van der Waals surface area (Å²) in [6.45, 7) is 1.75. The minimum absolute atomic E-state index is 0.252. The molecule has 3 aromatic rings. The molecule has 0 bridgehead atoms. The van der Waals surface area contributed by atoms with Crippen molar-refractivity contribution in [1.29, 1.82) is 0 Å². The number of carboxylic acid groups (broad SMARTS) is 1. The molecule has 0 spiro atoms. The Morgan fingerprint density at radius 1 is 1.22 bits per heavy atom. The number of carboxylic acids is 1. The Morgan fingerprint density at radius 3 is 2.59 bits per heavy atom. The van der Waals surface area contributed by atoms with Crippen molar-refractivity contribution in [2.24, 2.45) is 0 Å². The van der Waals surface area contributed by atoms with Gasteiger partial charge in [-0.05, 0) is 43.3 Å². The van der Waals surface area contributed by atoms with E-state index in [-0.39, 0.29) is 17.0 Å². The van der Waals surface area contributed by atoms with Crippen molar-refractivity contribution in [3.05, 3.63) is 58.5 Å². The van der Waals surface area contributed by atoms with Crippen molar-refractivity contribution in [3.63, 3.8) is 0 Å². The van der Waals surface area contributed by atoms with Gasteiger partial charge in [0.05, 0.1) is 11.4 Å². The minimum atomic E-state index is -4.85. The minimum Gasteiger partial charge on any atom is -0.476 e. The molecule has 10 heteroatoms. The van der Waals surface area contributed by atoms with Crippen LogP contribution in [-0.2, 0) is 0 Å². The normalized spacial score (nSPS) is 11.4. The molecule has 0 radical (unpaired) electrons. The number of rotatable bonds is 4. The Balaban J connectivity index is 2.18. The summed E-state index contributed by atoms with van der Waals surface area (Å²) >= 11 is 3.14. The molecule has 0 aliphatic rings.